The Morgan fingerprint density at radius 2 is 1.41 bits per heavy atom. The average molecular weight is 367 g/mol. The van der Waals surface area contributed by atoms with Gasteiger partial charge in [-0.15, -0.1) is 0 Å². The van der Waals surface area contributed by atoms with Crippen LogP contribution in [0, 0.1) is 0 Å². The average Bonchev–Trinajstić information content (AvgIpc) is 2.61. The van der Waals surface area contributed by atoms with Crippen molar-refractivity contribution in [3.8, 4) is 0 Å². The van der Waals surface area contributed by atoms with E-state index in [2.05, 4.69) is 50.5 Å². The van der Waals surface area contributed by atoms with Gasteiger partial charge in [0.2, 0.25) is 11.8 Å². The molecule has 2 aromatic carbocycles. The number of anilines is 1. The molecule has 0 saturated heterocycles. The zero-order valence-corrected chi connectivity index (χ0v) is 16.9. The Labute approximate surface area is 162 Å². The number of hydrogen-bond donors (Lipinski definition) is 2. The number of para-hydroxylation sites is 1. The maximum atomic E-state index is 13.1. The van der Waals surface area contributed by atoms with Gasteiger partial charge in [0.15, 0.2) is 0 Å². The molecule has 0 aliphatic heterocycles. The molecule has 4 nitrogen and oxygen atoms in total. The molecule has 0 fully saturated rings. The van der Waals surface area contributed by atoms with Gasteiger partial charge in [0, 0.05) is 19.0 Å². The van der Waals surface area contributed by atoms with Crippen molar-refractivity contribution in [3.63, 3.8) is 0 Å². The zero-order valence-electron chi connectivity index (χ0n) is 16.9. The quantitative estimate of drug-likeness (QED) is 0.751. The molecule has 0 aliphatic carbocycles. The number of amides is 2. The molecule has 0 saturated carbocycles. The third-order valence-corrected chi connectivity index (χ3v) is 4.60. The van der Waals surface area contributed by atoms with Gasteiger partial charge >= 0.3 is 0 Å². The minimum atomic E-state index is -0.620. The largest absolute Gasteiger partial charge is 0.344 e. The molecule has 2 amide bonds. The second kappa shape index (κ2) is 9.36. The summed E-state index contributed by atoms with van der Waals surface area (Å²) in [6.45, 7) is 9.90. The Kier molecular flexibility index (Phi) is 7.17. The van der Waals surface area contributed by atoms with Gasteiger partial charge in [-0.05, 0) is 28.5 Å². The van der Waals surface area contributed by atoms with Crippen molar-refractivity contribution in [1.82, 2.24) is 5.32 Å². The van der Waals surface area contributed by atoms with Crippen molar-refractivity contribution >= 4 is 17.5 Å². The van der Waals surface area contributed by atoms with Crippen molar-refractivity contribution < 1.29 is 9.59 Å². The van der Waals surface area contributed by atoms with E-state index in [0.717, 1.165) is 22.4 Å². The minimum absolute atomic E-state index is 0.191. The first-order valence-corrected chi connectivity index (χ1v) is 9.54. The fourth-order valence-electron chi connectivity index (χ4n) is 3.21. The molecule has 0 radical (unpaired) electrons. The molecule has 0 bridgehead atoms. The smallest absolute Gasteiger partial charge is 0.247 e. The van der Waals surface area contributed by atoms with E-state index < -0.39 is 6.04 Å². The van der Waals surface area contributed by atoms with Crippen molar-refractivity contribution in [2.24, 2.45) is 0 Å². The number of nitrogens with one attached hydrogen (secondary N) is 2. The lowest BCUT2D eigenvalue weighted by Crippen LogP contribution is -2.44. The molecule has 1 atom stereocenters. The summed E-state index contributed by atoms with van der Waals surface area (Å²) in [7, 11) is 0. The summed E-state index contributed by atoms with van der Waals surface area (Å²) in [5.74, 6) is 0.163. The molecule has 4 heteroatoms. The van der Waals surface area contributed by atoms with Crippen LogP contribution in [0.5, 0.6) is 0 Å². The van der Waals surface area contributed by atoms with Crippen LogP contribution in [0.2, 0.25) is 0 Å². The lowest BCUT2D eigenvalue weighted by atomic mass is 9.92. The van der Waals surface area contributed by atoms with E-state index in [4.69, 9.17) is 0 Å². The van der Waals surface area contributed by atoms with Gasteiger partial charge < -0.3 is 10.6 Å². The van der Waals surface area contributed by atoms with Crippen LogP contribution in [-0.4, -0.2) is 17.9 Å². The van der Waals surface area contributed by atoms with Crippen molar-refractivity contribution in [2.45, 2.75) is 58.9 Å². The topological polar surface area (TPSA) is 58.2 Å². The van der Waals surface area contributed by atoms with E-state index in [1.807, 2.05) is 36.4 Å². The van der Waals surface area contributed by atoms with Gasteiger partial charge in [-0.1, -0.05) is 76.2 Å². The zero-order chi connectivity index (χ0) is 20.0. The highest BCUT2D eigenvalue weighted by atomic mass is 16.2. The molecule has 2 aromatic rings. The maximum absolute atomic E-state index is 13.1. The SMILES string of the molecule is CC(=O)N[C@@H](Cc1ccccc1)C(=O)Nc1c(C(C)C)cccc1C(C)C. The van der Waals surface area contributed by atoms with E-state index in [1.165, 1.54) is 6.92 Å². The monoisotopic (exact) mass is 366 g/mol. The van der Waals surface area contributed by atoms with Crippen molar-refractivity contribution in [3.05, 3.63) is 65.2 Å². The molecule has 0 heterocycles. The highest BCUT2D eigenvalue weighted by Crippen LogP contribution is 2.32. The van der Waals surface area contributed by atoms with Gasteiger partial charge in [-0.25, -0.2) is 0 Å². The number of benzene rings is 2. The Bertz CT molecular complexity index is 756. The van der Waals surface area contributed by atoms with Crippen LogP contribution < -0.4 is 10.6 Å². The van der Waals surface area contributed by atoms with E-state index in [9.17, 15) is 9.59 Å². The lowest BCUT2D eigenvalue weighted by Gasteiger charge is -2.23. The fraction of sp³-hybridized carbons (Fsp3) is 0.391. The lowest BCUT2D eigenvalue weighted by molar-refractivity contribution is -0.125. The van der Waals surface area contributed by atoms with Crippen LogP contribution >= 0.6 is 0 Å². The van der Waals surface area contributed by atoms with Crippen LogP contribution in [0.1, 0.15) is 63.1 Å². The van der Waals surface area contributed by atoms with E-state index in [-0.39, 0.29) is 23.7 Å². The van der Waals surface area contributed by atoms with Crippen LogP contribution in [0.3, 0.4) is 0 Å². The predicted molar refractivity (Wildman–Crippen MR) is 111 cm³/mol. The maximum Gasteiger partial charge on any atom is 0.247 e. The standard InChI is InChI=1S/C23H30N2O2/c1-15(2)19-12-9-13-20(16(3)4)22(19)25-23(27)21(24-17(5)26)14-18-10-7-6-8-11-18/h6-13,15-16,21H,14H2,1-5H3,(H,24,26)(H,25,27)/t21-/m0/s1. The molecular weight excluding hydrogens is 336 g/mol. The van der Waals surface area contributed by atoms with Crippen LogP contribution in [0.15, 0.2) is 48.5 Å². The summed E-state index contributed by atoms with van der Waals surface area (Å²) in [5.41, 5.74) is 4.09. The fourth-order valence-corrected chi connectivity index (χ4v) is 3.21. The highest BCUT2D eigenvalue weighted by molar-refractivity contribution is 5.98. The molecule has 0 aromatic heterocycles. The predicted octanol–water partition coefficient (Wildman–Crippen LogP) is 4.62. The summed E-state index contributed by atoms with van der Waals surface area (Å²) in [5, 5.41) is 5.91. The van der Waals surface area contributed by atoms with E-state index >= 15 is 0 Å². The third-order valence-electron chi connectivity index (χ3n) is 4.60. The van der Waals surface area contributed by atoms with Crippen LogP contribution in [0.25, 0.3) is 0 Å². The first-order chi connectivity index (χ1) is 12.8. The second-order valence-corrected chi connectivity index (χ2v) is 7.55. The first kappa shape index (κ1) is 20.7. The second-order valence-electron chi connectivity index (χ2n) is 7.55. The third kappa shape index (κ3) is 5.68. The molecule has 0 aliphatic rings. The Morgan fingerprint density at radius 1 is 0.852 bits per heavy atom. The Morgan fingerprint density at radius 3 is 1.89 bits per heavy atom. The Balaban J connectivity index is 2.32. The molecular formula is C23H30N2O2. The summed E-state index contributed by atoms with van der Waals surface area (Å²) in [6.07, 6.45) is 0.451. The van der Waals surface area contributed by atoms with Gasteiger partial charge in [0.05, 0.1) is 0 Å². The highest BCUT2D eigenvalue weighted by Gasteiger charge is 2.23. The van der Waals surface area contributed by atoms with E-state index in [0.29, 0.717) is 6.42 Å². The first-order valence-electron chi connectivity index (χ1n) is 9.54. The van der Waals surface area contributed by atoms with Crippen molar-refractivity contribution in [2.75, 3.05) is 5.32 Å². The molecule has 27 heavy (non-hydrogen) atoms. The Hall–Kier alpha value is -2.62. The molecule has 0 unspecified atom stereocenters. The summed E-state index contributed by atoms with van der Waals surface area (Å²) >= 11 is 0. The van der Waals surface area contributed by atoms with Crippen molar-refractivity contribution in [1.29, 1.82) is 0 Å². The number of rotatable bonds is 7. The van der Waals surface area contributed by atoms with Gasteiger partial charge in [0.1, 0.15) is 6.04 Å². The molecule has 2 rings (SSSR count). The summed E-state index contributed by atoms with van der Waals surface area (Å²) in [4.78, 5) is 24.7. The minimum Gasteiger partial charge on any atom is -0.344 e. The molecule has 144 valence electrons. The number of carbonyl (C=O) groups is 2. The van der Waals surface area contributed by atoms with Crippen LogP contribution in [0.4, 0.5) is 5.69 Å². The van der Waals surface area contributed by atoms with Gasteiger partial charge in [0.25, 0.3) is 0 Å². The summed E-state index contributed by atoms with van der Waals surface area (Å²) in [6, 6.07) is 15.2. The van der Waals surface area contributed by atoms with Crippen LogP contribution in [-0.2, 0) is 16.0 Å². The number of carbonyl (C=O) groups excluding carboxylic acids is 2. The van der Waals surface area contributed by atoms with Gasteiger partial charge in [-0.2, -0.15) is 0 Å². The number of hydrogen-bond acceptors (Lipinski definition) is 2. The van der Waals surface area contributed by atoms with Gasteiger partial charge in [-0.3, -0.25) is 9.59 Å². The summed E-state index contributed by atoms with van der Waals surface area (Å²) < 4.78 is 0. The molecule has 0 spiro atoms. The molecule has 2 N–H and O–H groups in total. The van der Waals surface area contributed by atoms with E-state index in [1.54, 1.807) is 0 Å². The normalized spacial score (nSPS) is 12.1.